The number of amides is 1. The van der Waals surface area contributed by atoms with Crippen molar-refractivity contribution in [2.45, 2.75) is 19.3 Å². The summed E-state index contributed by atoms with van der Waals surface area (Å²) in [6, 6.07) is 3.55. The van der Waals surface area contributed by atoms with Crippen LogP contribution in [-0.4, -0.2) is 26.7 Å². The maximum absolute atomic E-state index is 11.8. The van der Waals surface area contributed by atoms with E-state index in [4.69, 9.17) is 9.47 Å². The van der Waals surface area contributed by atoms with Crippen LogP contribution in [0, 0.1) is 0 Å². The third-order valence-corrected chi connectivity index (χ3v) is 3.16. The lowest BCUT2D eigenvalue weighted by Gasteiger charge is -2.34. The molecule has 2 rings (SSSR count). The van der Waals surface area contributed by atoms with Crippen LogP contribution in [0.1, 0.15) is 29.8 Å². The van der Waals surface area contributed by atoms with Gasteiger partial charge in [-0.25, -0.2) is 0 Å². The average molecular weight is 235 g/mol. The van der Waals surface area contributed by atoms with Crippen LogP contribution in [0.15, 0.2) is 12.1 Å². The molecule has 4 heteroatoms. The normalized spacial score (nSPS) is 17.1. The Morgan fingerprint density at radius 3 is 2.53 bits per heavy atom. The van der Waals surface area contributed by atoms with Gasteiger partial charge in [0, 0.05) is 23.1 Å². The Balaban J connectivity index is 2.73. The lowest BCUT2D eigenvalue weighted by atomic mass is 9.78. The van der Waals surface area contributed by atoms with Gasteiger partial charge in [0.2, 0.25) is 0 Å². The minimum absolute atomic E-state index is 0.0553. The molecule has 0 radical (unpaired) electrons. The first-order chi connectivity index (χ1) is 8.01. The zero-order chi connectivity index (χ0) is 12.6. The SMILES string of the molecule is COc1ccc2c(c1OC)C(C)(C)CNC2=O. The van der Waals surface area contributed by atoms with Gasteiger partial charge < -0.3 is 14.8 Å². The Kier molecular flexibility index (Phi) is 2.73. The minimum Gasteiger partial charge on any atom is -0.493 e. The number of nitrogens with one attached hydrogen (secondary N) is 1. The summed E-state index contributed by atoms with van der Waals surface area (Å²) in [6.07, 6.45) is 0. The molecular formula is C13H17NO3. The van der Waals surface area contributed by atoms with Crippen LogP contribution < -0.4 is 14.8 Å². The summed E-state index contributed by atoms with van der Waals surface area (Å²) in [5.41, 5.74) is 1.42. The predicted molar refractivity (Wildman–Crippen MR) is 64.9 cm³/mol. The lowest BCUT2D eigenvalue weighted by Crippen LogP contribution is -2.43. The van der Waals surface area contributed by atoms with Gasteiger partial charge in [-0.1, -0.05) is 13.8 Å². The van der Waals surface area contributed by atoms with Gasteiger partial charge >= 0.3 is 0 Å². The van der Waals surface area contributed by atoms with Gasteiger partial charge in [-0.2, -0.15) is 0 Å². The standard InChI is InChI=1S/C13H17NO3/c1-13(2)7-14-12(15)8-5-6-9(16-3)11(17-4)10(8)13/h5-6H,7H2,1-4H3,(H,14,15). The Morgan fingerprint density at radius 1 is 1.24 bits per heavy atom. The number of carbonyl (C=O) groups excluding carboxylic acids is 1. The van der Waals surface area contributed by atoms with Crippen molar-refractivity contribution in [2.24, 2.45) is 0 Å². The minimum atomic E-state index is -0.164. The zero-order valence-electron chi connectivity index (χ0n) is 10.6. The highest BCUT2D eigenvalue weighted by molar-refractivity contribution is 5.98. The Hall–Kier alpha value is -1.71. The number of methoxy groups -OCH3 is 2. The number of hydrogen-bond acceptors (Lipinski definition) is 3. The summed E-state index contributed by atoms with van der Waals surface area (Å²) in [7, 11) is 3.20. The molecule has 0 bridgehead atoms. The summed E-state index contributed by atoms with van der Waals surface area (Å²) in [5.74, 6) is 1.26. The van der Waals surface area contributed by atoms with Gasteiger partial charge in [-0.05, 0) is 12.1 Å². The molecule has 1 N–H and O–H groups in total. The van der Waals surface area contributed by atoms with E-state index in [1.165, 1.54) is 0 Å². The van der Waals surface area contributed by atoms with E-state index in [2.05, 4.69) is 19.2 Å². The fourth-order valence-electron chi connectivity index (χ4n) is 2.27. The number of carbonyl (C=O) groups is 1. The molecule has 1 amide bonds. The van der Waals surface area contributed by atoms with Gasteiger partial charge in [-0.3, -0.25) is 4.79 Å². The molecule has 0 atom stereocenters. The third kappa shape index (κ3) is 1.73. The lowest BCUT2D eigenvalue weighted by molar-refractivity contribution is 0.0928. The number of ether oxygens (including phenoxy) is 2. The molecule has 0 spiro atoms. The Bertz CT molecular complexity index is 466. The molecule has 1 aromatic rings. The summed E-state index contributed by atoms with van der Waals surface area (Å²) >= 11 is 0. The maximum Gasteiger partial charge on any atom is 0.251 e. The van der Waals surface area contributed by atoms with Gasteiger partial charge in [0.15, 0.2) is 11.5 Å². The molecule has 1 heterocycles. The van der Waals surface area contributed by atoms with Crippen LogP contribution in [0.2, 0.25) is 0 Å². The van der Waals surface area contributed by atoms with Crippen molar-refractivity contribution in [3.8, 4) is 11.5 Å². The van der Waals surface area contributed by atoms with Crippen LogP contribution in [0.3, 0.4) is 0 Å². The zero-order valence-corrected chi connectivity index (χ0v) is 10.6. The first-order valence-electron chi connectivity index (χ1n) is 5.55. The molecule has 0 aromatic heterocycles. The fraction of sp³-hybridized carbons (Fsp3) is 0.462. The smallest absolute Gasteiger partial charge is 0.251 e. The highest BCUT2D eigenvalue weighted by atomic mass is 16.5. The second-order valence-corrected chi connectivity index (χ2v) is 4.79. The van der Waals surface area contributed by atoms with Gasteiger partial charge in [0.05, 0.1) is 14.2 Å². The van der Waals surface area contributed by atoms with Crippen LogP contribution in [0.5, 0.6) is 11.5 Å². The molecule has 0 unspecified atom stereocenters. The van der Waals surface area contributed by atoms with E-state index >= 15 is 0 Å². The van der Waals surface area contributed by atoms with Crippen LogP contribution in [-0.2, 0) is 5.41 Å². The molecule has 17 heavy (non-hydrogen) atoms. The van der Waals surface area contributed by atoms with Gasteiger partial charge in [0.25, 0.3) is 5.91 Å². The summed E-state index contributed by atoms with van der Waals surface area (Å²) in [5, 5.41) is 2.88. The van der Waals surface area contributed by atoms with Crippen molar-refractivity contribution in [2.75, 3.05) is 20.8 Å². The van der Waals surface area contributed by atoms with Crippen molar-refractivity contribution in [1.29, 1.82) is 0 Å². The number of fused-ring (bicyclic) bond motifs is 1. The second-order valence-electron chi connectivity index (χ2n) is 4.79. The molecular weight excluding hydrogens is 218 g/mol. The number of rotatable bonds is 2. The quantitative estimate of drug-likeness (QED) is 0.849. The Labute approximate surface area is 101 Å². The maximum atomic E-state index is 11.8. The summed E-state index contributed by atoms with van der Waals surface area (Å²) in [4.78, 5) is 11.8. The van der Waals surface area contributed by atoms with Crippen molar-refractivity contribution >= 4 is 5.91 Å². The largest absolute Gasteiger partial charge is 0.493 e. The molecule has 4 nitrogen and oxygen atoms in total. The molecule has 92 valence electrons. The van der Waals surface area contributed by atoms with Crippen molar-refractivity contribution in [3.63, 3.8) is 0 Å². The van der Waals surface area contributed by atoms with Crippen LogP contribution in [0.4, 0.5) is 0 Å². The van der Waals surface area contributed by atoms with Crippen LogP contribution >= 0.6 is 0 Å². The van der Waals surface area contributed by atoms with E-state index in [9.17, 15) is 4.79 Å². The van der Waals surface area contributed by atoms with Crippen molar-refractivity contribution in [1.82, 2.24) is 5.32 Å². The highest BCUT2D eigenvalue weighted by Crippen LogP contribution is 2.42. The monoisotopic (exact) mass is 235 g/mol. The van der Waals surface area contributed by atoms with E-state index in [0.717, 1.165) is 5.56 Å². The molecule has 0 saturated carbocycles. The fourth-order valence-corrected chi connectivity index (χ4v) is 2.27. The highest BCUT2D eigenvalue weighted by Gasteiger charge is 2.35. The van der Waals surface area contributed by atoms with E-state index in [1.54, 1.807) is 26.4 Å². The van der Waals surface area contributed by atoms with Crippen molar-refractivity contribution in [3.05, 3.63) is 23.3 Å². The van der Waals surface area contributed by atoms with E-state index in [0.29, 0.717) is 23.6 Å². The van der Waals surface area contributed by atoms with E-state index in [-0.39, 0.29) is 11.3 Å². The molecule has 0 saturated heterocycles. The second kappa shape index (κ2) is 3.95. The van der Waals surface area contributed by atoms with Gasteiger partial charge in [0.1, 0.15) is 0 Å². The third-order valence-electron chi connectivity index (χ3n) is 3.16. The molecule has 1 aliphatic heterocycles. The summed E-state index contributed by atoms with van der Waals surface area (Å²) in [6.45, 7) is 4.75. The van der Waals surface area contributed by atoms with Crippen LogP contribution in [0.25, 0.3) is 0 Å². The molecule has 0 fully saturated rings. The van der Waals surface area contributed by atoms with Gasteiger partial charge in [-0.15, -0.1) is 0 Å². The first kappa shape index (κ1) is 11.8. The Morgan fingerprint density at radius 2 is 1.94 bits per heavy atom. The molecule has 1 aliphatic rings. The topological polar surface area (TPSA) is 47.6 Å². The van der Waals surface area contributed by atoms with E-state index in [1.807, 2.05) is 0 Å². The number of hydrogen-bond donors (Lipinski definition) is 1. The van der Waals surface area contributed by atoms with Crippen molar-refractivity contribution < 1.29 is 14.3 Å². The first-order valence-corrected chi connectivity index (χ1v) is 5.55. The molecule has 0 aliphatic carbocycles. The summed E-state index contributed by atoms with van der Waals surface area (Å²) < 4.78 is 10.7. The molecule has 1 aromatic carbocycles. The number of benzene rings is 1. The van der Waals surface area contributed by atoms with E-state index < -0.39 is 0 Å². The average Bonchev–Trinajstić information content (AvgIpc) is 2.32. The predicted octanol–water partition coefficient (Wildman–Crippen LogP) is 1.72.